The number of nitrogens with two attached hydrogens (primary N) is 1. The average Bonchev–Trinajstić information content (AvgIpc) is 2.93. The number of quaternary nitrogens is 1. The Kier molecular flexibility index (Phi) is 5.02. The fourth-order valence-corrected chi connectivity index (χ4v) is 2.75. The molecule has 1 fully saturated rings. The van der Waals surface area contributed by atoms with Crippen LogP contribution in [0.4, 0.5) is 0 Å². The van der Waals surface area contributed by atoms with Crippen molar-refractivity contribution in [3.8, 4) is 0 Å². The molecule has 4 heteroatoms. The average molecular weight is 265 g/mol. The first-order valence-corrected chi connectivity index (χ1v) is 7.33. The lowest BCUT2D eigenvalue weighted by atomic mass is 9.86. The Bertz CT molecular complexity index is 389. The van der Waals surface area contributed by atoms with Crippen molar-refractivity contribution in [2.45, 2.75) is 51.6 Å². The molecule has 0 saturated heterocycles. The maximum absolute atomic E-state index is 12.0. The smallest absolute Gasteiger partial charge is 0.275 e. The molecule has 3 atom stereocenters. The number of rotatable bonds is 5. The van der Waals surface area contributed by atoms with Gasteiger partial charge in [-0.15, -0.1) is 0 Å². The predicted molar refractivity (Wildman–Crippen MR) is 73.5 cm³/mol. The van der Waals surface area contributed by atoms with Gasteiger partial charge in [0.05, 0.1) is 6.26 Å². The molecule has 4 nitrogen and oxygen atoms in total. The minimum atomic E-state index is 0.136. The summed E-state index contributed by atoms with van der Waals surface area (Å²) in [6, 6.07) is 4.38. The Morgan fingerprint density at radius 3 is 3.00 bits per heavy atom. The first kappa shape index (κ1) is 14.1. The molecule has 0 aliphatic heterocycles. The minimum Gasteiger partial charge on any atom is -0.463 e. The zero-order valence-corrected chi connectivity index (χ0v) is 11.9. The molecule has 1 aromatic rings. The van der Waals surface area contributed by atoms with Gasteiger partial charge in [0.1, 0.15) is 6.04 Å². The molecule has 0 bridgehead atoms. The molecule has 1 aliphatic rings. The summed E-state index contributed by atoms with van der Waals surface area (Å²) in [5.41, 5.74) is 0. The number of amides is 1. The fourth-order valence-electron chi connectivity index (χ4n) is 2.75. The highest BCUT2D eigenvalue weighted by Crippen LogP contribution is 2.23. The van der Waals surface area contributed by atoms with E-state index in [0.717, 1.165) is 12.2 Å². The monoisotopic (exact) mass is 265 g/mol. The lowest BCUT2D eigenvalue weighted by Gasteiger charge is -2.29. The van der Waals surface area contributed by atoms with Crippen LogP contribution in [-0.4, -0.2) is 18.5 Å². The van der Waals surface area contributed by atoms with E-state index in [2.05, 4.69) is 19.2 Å². The number of carbonyl (C=O) groups excluding carboxylic acids is 1. The number of furan rings is 1. The van der Waals surface area contributed by atoms with Crippen LogP contribution in [0.25, 0.3) is 0 Å². The lowest BCUT2D eigenvalue weighted by Crippen LogP contribution is -2.87. The summed E-state index contributed by atoms with van der Waals surface area (Å²) in [4.78, 5) is 12.0. The van der Waals surface area contributed by atoms with Gasteiger partial charge in [0.2, 0.25) is 0 Å². The number of nitrogens with one attached hydrogen (secondary N) is 1. The molecule has 2 rings (SSSR count). The SMILES string of the molecule is C[C@H]([NH2+]CC(=O)N[C@H]1CCCC[C@@H]1C)c1ccco1. The Hall–Kier alpha value is -1.29. The summed E-state index contributed by atoms with van der Waals surface area (Å²) >= 11 is 0. The predicted octanol–water partition coefficient (Wildman–Crippen LogP) is 1.60. The van der Waals surface area contributed by atoms with E-state index in [1.54, 1.807) is 6.26 Å². The van der Waals surface area contributed by atoms with Crippen LogP contribution >= 0.6 is 0 Å². The van der Waals surface area contributed by atoms with Gasteiger partial charge in [0.15, 0.2) is 12.3 Å². The second-order valence-corrected chi connectivity index (χ2v) is 5.68. The molecule has 0 radical (unpaired) electrons. The zero-order valence-electron chi connectivity index (χ0n) is 11.9. The van der Waals surface area contributed by atoms with E-state index in [0.29, 0.717) is 18.5 Å². The van der Waals surface area contributed by atoms with E-state index in [1.165, 1.54) is 19.3 Å². The Morgan fingerprint density at radius 2 is 2.32 bits per heavy atom. The van der Waals surface area contributed by atoms with Crippen LogP contribution in [0.15, 0.2) is 22.8 Å². The quantitative estimate of drug-likeness (QED) is 0.849. The van der Waals surface area contributed by atoms with E-state index in [9.17, 15) is 4.79 Å². The van der Waals surface area contributed by atoms with Gasteiger partial charge < -0.3 is 15.1 Å². The topological polar surface area (TPSA) is 58.9 Å². The van der Waals surface area contributed by atoms with Gasteiger partial charge in [-0.2, -0.15) is 0 Å². The summed E-state index contributed by atoms with van der Waals surface area (Å²) in [5.74, 6) is 1.66. The highest BCUT2D eigenvalue weighted by Gasteiger charge is 2.23. The van der Waals surface area contributed by atoms with Crippen molar-refractivity contribution in [2.24, 2.45) is 5.92 Å². The molecule has 1 aliphatic carbocycles. The summed E-state index contributed by atoms with van der Waals surface area (Å²) in [7, 11) is 0. The van der Waals surface area contributed by atoms with Gasteiger partial charge >= 0.3 is 0 Å². The van der Waals surface area contributed by atoms with Crippen LogP contribution in [-0.2, 0) is 4.79 Å². The van der Waals surface area contributed by atoms with Crippen LogP contribution in [0, 0.1) is 5.92 Å². The van der Waals surface area contributed by atoms with Crippen LogP contribution in [0.2, 0.25) is 0 Å². The number of hydrogen-bond acceptors (Lipinski definition) is 2. The first-order valence-electron chi connectivity index (χ1n) is 7.33. The van der Waals surface area contributed by atoms with E-state index in [4.69, 9.17) is 4.42 Å². The van der Waals surface area contributed by atoms with Crippen molar-refractivity contribution in [3.63, 3.8) is 0 Å². The zero-order chi connectivity index (χ0) is 13.7. The Labute approximate surface area is 114 Å². The highest BCUT2D eigenvalue weighted by atomic mass is 16.3. The number of carbonyl (C=O) groups is 1. The molecular formula is C15H25N2O2+. The van der Waals surface area contributed by atoms with Gasteiger partial charge in [0, 0.05) is 6.04 Å². The molecule has 1 saturated carbocycles. The molecule has 106 valence electrons. The van der Waals surface area contributed by atoms with Crippen molar-refractivity contribution in [1.29, 1.82) is 0 Å². The summed E-state index contributed by atoms with van der Waals surface area (Å²) in [6.07, 6.45) is 6.57. The van der Waals surface area contributed by atoms with Crippen molar-refractivity contribution in [1.82, 2.24) is 5.32 Å². The third-order valence-corrected chi connectivity index (χ3v) is 4.11. The summed E-state index contributed by atoms with van der Waals surface area (Å²) < 4.78 is 5.33. The Morgan fingerprint density at radius 1 is 1.53 bits per heavy atom. The van der Waals surface area contributed by atoms with Crippen LogP contribution < -0.4 is 10.6 Å². The maximum atomic E-state index is 12.0. The third-order valence-electron chi connectivity index (χ3n) is 4.11. The molecule has 1 aromatic heterocycles. The molecular weight excluding hydrogens is 240 g/mol. The molecule has 1 heterocycles. The summed E-state index contributed by atoms with van der Waals surface area (Å²) in [5, 5.41) is 5.18. The third kappa shape index (κ3) is 4.10. The lowest BCUT2D eigenvalue weighted by molar-refractivity contribution is -0.684. The molecule has 0 spiro atoms. The second kappa shape index (κ2) is 6.75. The van der Waals surface area contributed by atoms with E-state index in [1.807, 2.05) is 17.4 Å². The fraction of sp³-hybridized carbons (Fsp3) is 0.667. The van der Waals surface area contributed by atoms with Crippen molar-refractivity contribution >= 4 is 5.91 Å². The second-order valence-electron chi connectivity index (χ2n) is 5.68. The Balaban J connectivity index is 1.72. The van der Waals surface area contributed by atoms with E-state index < -0.39 is 0 Å². The standard InChI is InChI=1S/C15H24N2O2/c1-11-6-3-4-7-13(11)17-15(18)10-16-12(2)14-8-5-9-19-14/h5,8-9,11-13,16H,3-4,6-7,10H2,1-2H3,(H,17,18)/p+1/t11-,12-,13-/m0/s1. The van der Waals surface area contributed by atoms with Crippen LogP contribution in [0.3, 0.4) is 0 Å². The normalized spacial score (nSPS) is 24.9. The molecule has 1 amide bonds. The van der Waals surface area contributed by atoms with Gasteiger partial charge in [-0.05, 0) is 37.8 Å². The molecule has 3 N–H and O–H groups in total. The van der Waals surface area contributed by atoms with Crippen molar-refractivity contribution in [3.05, 3.63) is 24.2 Å². The first-order chi connectivity index (χ1) is 9.16. The van der Waals surface area contributed by atoms with Crippen molar-refractivity contribution < 1.29 is 14.5 Å². The largest absolute Gasteiger partial charge is 0.463 e. The molecule has 19 heavy (non-hydrogen) atoms. The van der Waals surface area contributed by atoms with Crippen LogP contribution in [0.1, 0.15) is 51.3 Å². The number of hydrogen-bond donors (Lipinski definition) is 2. The maximum Gasteiger partial charge on any atom is 0.275 e. The molecule has 0 unspecified atom stereocenters. The van der Waals surface area contributed by atoms with Gasteiger partial charge in [-0.25, -0.2) is 0 Å². The van der Waals surface area contributed by atoms with Crippen LogP contribution in [0.5, 0.6) is 0 Å². The van der Waals surface area contributed by atoms with Gasteiger partial charge in [-0.3, -0.25) is 4.79 Å². The highest BCUT2D eigenvalue weighted by molar-refractivity contribution is 5.77. The van der Waals surface area contributed by atoms with E-state index >= 15 is 0 Å². The minimum absolute atomic E-state index is 0.136. The molecule has 0 aromatic carbocycles. The van der Waals surface area contributed by atoms with E-state index in [-0.39, 0.29) is 11.9 Å². The van der Waals surface area contributed by atoms with Gasteiger partial charge in [0.25, 0.3) is 5.91 Å². The van der Waals surface area contributed by atoms with Crippen molar-refractivity contribution in [2.75, 3.05) is 6.54 Å². The summed E-state index contributed by atoms with van der Waals surface area (Å²) in [6.45, 7) is 4.75. The van der Waals surface area contributed by atoms with Gasteiger partial charge in [-0.1, -0.05) is 19.8 Å².